The maximum absolute atomic E-state index is 12.9. The summed E-state index contributed by atoms with van der Waals surface area (Å²) >= 11 is 5.89. The highest BCUT2D eigenvalue weighted by molar-refractivity contribution is 6.32. The molecule has 1 fully saturated rings. The van der Waals surface area contributed by atoms with Crippen molar-refractivity contribution in [3.8, 4) is 5.75 Å². The molecule has 118 valence electrons. The van der Waals surface area contributed by atoms with Crippen molar-refractivity contribution in [1.82, 2.24) is 10.1 Å². The highest BCUT2D eigenvalue weighted by Gasteiger charge is 2.35. The van der Waals surface area contributed by atoms with E-state index in [0.29, 0.717) is 30.5 Å². The second-order valence-corrected chi connectivity index (χ2v) is 5.96. The Morgan fingerprint density at radius 2 is 2.14 bits per heavy atom. The van der Waals surface area contributed by atoms with E-state index in [4.69, 9.17) is 26.6 Å². The Kier molecular flexibility index (Phi) is 4.31. The summed E-state index contributed by atoms with van der Waals surface area (Å²) in [5.74, 6) is 1.07. The Morgan fingerprint density at radius 3 is 2.86 bits per heavy atom. The molecule has 0 radical (unpaired) electrons. The van der Waals surface area contributed by atoms with Crippen LogP contribution < -0.4 is 10.5 Å². The fourth-order valence-corrected chi connectivity index (χ4v) is 2.85. The van der Waals surface area contributed by atoms with Gasteiger partial charge in [-0.1, -0.05) is 29.6 Å². The second kappa shape index (κ2) is 6.22. The highest BCUT2D eigenvalue weighted by Crippen LogP contribution is 2.34. The van der Waals surface area contributed by atoms with Crippen LogP contribution in [0.4, 0.5) is 4.39 Å². The quantitative estimate of drug-likeness (QED) is 0.913. The van der Waals surface area contributed by atoms with Gasteiger partial charge in [-0.25, -0.2) is 4.39 Å². The summed E-state index contributed by atoms with van der Waals surface area (Å²) in [5, 5.41) is 4.22. The zero-order valence-electron chi connectivity index (χ0n) is 12.0. The average Bonchev–Trinajstić information content (AvgIpc) is 3.11. The molecule has 0 bridgehead atoms. The molecule has 0 saturated heterocycles. The molecule has 2 N–H and O–H groups in total. The third-order valence-electron chi connectivity index (χ3n) is 3.88. The predicted octanol–water partition coefficient (Wildman–Crippen LogP) is 3.21. The van der Waals surface area contributed by atoms with Crippen molar-refractivity contribution in [2.45, 2.75) is 37.6 Å². The molecule has 1 aliphatic rings. The number of ether oxygens (including phenoxy) is 1. The average molecular weight is 326 g/mol. The lowest BCUT2D eigenvalue weighted by Crippen LogP contribution is -2.34. The minimum Gasteiger partial charge on any atom is -0.491 e. The van der Waals surface area contributed by atoms with Crippen molar-refractivity contribution in [3.05, 3.63) is 40.8 Å². The van der Waals surface area contributed by atoms with Gasteiger partial charge in [-0.05, 0) is 31.0 Å². The van der Waals surface area contributed by atoms with E-state index in [-0.39, 0.29) is 5.02 Å². The molecule has 0 unspecified atom stereocenters. The van der Waals surface area contributed by atoms with Gasteiger partial charge in [0.1, 0.15) is 11.6 Å². The molecular weight excluding hydrogens is 309 g/mol. The van der Waals surface area contributed by atoms with Crippen LogP contribution in [0.3, 0.4) is 0 Å². The van der Waals surface area contributed by atoms with Crippen LogP contribution in [-0.4, -0.2) is 16.7 Å². The van der Waals surface area contributed by atoms with E-state index < -0.39 is 11.4 Å². The zero-order chi connectivity index (χ0) is 15.6. The highest BCUT2D eigenvalue weighted by atomic mass is 35.5. The number of aromatic nitrogens is 2. The Bertz CT molecular complexity index is 656. The van der Waals surface area contributed by atoms with Crippen LogP contribution in [0.1, 0.15) is 37.4 Å². The topological polar surface area (TPSA) is 74.2 Å². The first-order valence-corrected chi connectivity index (χ1v) is 7.64. The Hall–Kier alpha value is -1.66. The van der Waals surface area contributed by atoms with E-state index in [0.717, 1.165) is 25.7 Å². The van der Waals surface area contributed by atoms with E-state index in [2.05, 4.69) is 10.1 Å². The van der Waals surface area contributed by atoms with Crippen LogP contribution in [-0.2, 0) is 12.0 Å². The number of hydrogen-bond acceptors (Lipinski definition) is 5. The van der Waals surface area contributed by atoms with Crippen LogP contribution in [0.15, 0.2) is 22.7 Å². The molecule has 0 aliphatic heterocycles. The number of nitrogens with two attached hydrogens (primary N) is 1. The fourth-order valence-electron chi connectivity index (χ4n) is 2.63. The molecule has 1 aliphatic carbocycles. The molecule has 0 atom stereocenters. The summed E-state index contributed by atoms with van der Waals surface area (Å²) in [6.07, 6.45) is 4.39. The summed E-state index contributed by atoms with van der Waals surface area (Å²) in [7, 11) is 0. The zero-order valence-corrected chi connectivity index (χ0v) is 12.8. The molecule has 1 aromatic heterocycles. The van der Waals surface area contributed by atoms with Gasteiger partial charge in [0.2, 0.25) is 5.89 Å². The Labute approximate surface area is 132 Å². The molecule has 1 heterocycles. The third-order valence-corrected chi connectivity index (χ3v) is 4.17. The number of hydrogen-bond donors (Lipinski definition) is 1. The van der Waals surface area contributed by atoms with Crippen LogP contribution in [0.5, 0.6) is 5.75 Å². The van der Waals surface area contributed by atoms with Crippen LogP contribution in [0, 0.1) is 5.82 Å². The van der Waals surface area contributed by atoms with E-state index in [1.165, 1.54) is 18.2 Å². The van der Waals surface area contributed by atoms with Crippen LogP contribution in [0.2, 0.25) is 5.02 Å². The fraction of sp³-hybridized carbons (Fsp3) is 0.467. The van der Waals surface area contributed by atoms with Gasteiger partial charge in [0.15, 0.2) is 5.82 Å². The maximum atomic E-state index is 12.9. The van der Waals surface area contributed by atoms with Crippen molar-refractivity contribution in [3.63, 3.8) is 0 Å². The van der Waals surface area contributed by atoms with Gasteiger partial charge in [-0.3, -0.25) is 0 Å². The number of rotatable bonds is 5. The van der Waals surface area contributed by atoms with E-state index in [1.54, 1.807) is 0 Å². The minimum atomic E-state index is -0.455. The SMILES string of the molecule is NC1(c2noc(CCOc3ccc(F)cc3Cl)n2)CCCC1. The van der Waals surface area contributed by atoms with Gasteiger partial charge in [-0.15, -0.1) is 0 Å². The summed E-state index contributed by atoms with van der Waals surface area (Å²) in [6, 6.07) is 3.99. The first-order chi connectivity index (χ1) is 10.6. The van der Waals surface area contributed by atoms with E-state index in [9.17, 15) is 4.39 Å². The van der Waals surface area contributed by atoms with Crippen molar-refractivity contribution in [1.29, 1.82) is 0 Å². The molecule has 0 spiro atoms. The molecule has 22 heavy (non-hydrogen) atoms. The van der Waals surface area contributed by atoms with E-state index >= 15 is 0 Å². The monoisotopic (exact) mass is 325 g/mol. The van der Waals surface area contributed by atoms with Gasteiger partial charge < -0.3 is 15.0 Å². The van der Waals surface area contributed by atoms with Gasteiger partial charge in [0, 0.05) is 0 Å². The lowest BCUT2D eigenvalue weighted by molar-refractivity contribution is 0.289. The predicted molar refractivity (Wildman–Crippen MR) is 79.2 cm³/mol. The molecule has 2 aromatic rings. The number of nitrogens with zero attached hydrogens (tertiary/aromatic N) is 2. The molecule has 3 rings (SSSR count). The third kappa shape index (κ3) is 3.23. The minimum absolute atomic E-state index is 0.234. The van der Waals surface area contributed by atoms with Crippen LogP contribution in [0.25, 0.3) is 0 Å². The molecule has 0 amide bonds. The summed E-state index contributed by atoms with van der Waals surface area (Å²) < 4.78 is 23.6. The van der Waals surface area contributed by atoms with Gasteiger partial charge in [0.25, 0.3) is 0 Å². The number of benzene rings is 1. The first-order valence-electron chi connectivity index (χ1n) is 7.27. The van der Waals surface area contributed by atoms with Crippen molar-refractivity contribution in [2.75, 3.05) is 6.61 Å². The normalized spacial score (nSPS) is 16.9. The maximum Gasteiger partial charge on any atom is 0.230 e. The van der Waals surface area contributed by atoms with Gasteiger partial charge >= 0.3 is 0 Å². The summed E-state index contributed by atoms with van der Waals surface area (Å²) in [4.78, 5) is 4.36. The lowest BCUT2D eigenvalue weighted by Gasteiger charge is -2.17. The Balaban J connectivity index is 1.57. The van der Waals surface area contributed by atoms with E-state index in [1.807, 2.05) is 0 Å². The second-order valence-electron chi connectivity index (χ2n) is 5.55. The summed E-state index contributed by atoms with van der Waals surface area (Å²) in [6.45, 7) is 0.310. The molecule has 7 heteroatoms. The van der Waals surface area contributed by atoms with Crippen molar-refractivity contribution in [2.24, 2.45) is 5.73 Å². The molecule has 1 aromatic carbocycles. The van der Waals surface area contributed by atoms with Gasteiger partial charge in [0.05, 0.1) is 23.6 Å². The summed E-state index contributed by atoms with van der Waals surface area (Å²) in [5.41, 5.74) is 5.82. The largest absolute Gasteiger partial charge is 0.491 e. The smallest absolute Gasteiger partial charge is 0.230 e. The van der Waals surface area contributed by atoms with Crippen molar-refractivity contribution < 1.29 is 13.7 Å². The number of halogens is 2. The molecular formula is C15H17ClFN3O2. The van der Waals surface area contributed by atoms with Crippen molar-refractivity contribution >= 4 is 11.6 Å². The molecule has 5 nitrogen and oxygen atoms in total. The molecule has 1 saturated carbocycles. The van der Waals surface area contributed by atoms with Crippen LogP contribution >= 0.6 is 11.6 Å². The Morgan fingerprint density at radius 1 is 1.36 bits per heavy atom. The van der Waals surface area contributed by atoms with Gasteiger partial charge in [-0.2, -0.15) is 4.98 Å². The lowest BCUT2D eigenvalue weighted by atomic mass is 9.99. The standard InChI is InChI=1S/C15H17ClFN3O2/c16-11-9-10(17)3-4-12(11)21-8-5-13-19-14(20-22-13)15(18)6-1-2-7-15/h3-4,9H,1-2,5-8,18H2. The first kappa shape index (κ1) is 15.2.